The average Bonchev–Trinajstić information content (AvgIpc) is 3.43. The van der Waals surface area contributed by atoms with Gasteiger partial charge in [0.05, 0.1) is 24.8 Å². The number of hydrogen-bond donors (Lipinski definition) is 1. The van der Waals surface area contributed by atoms with Crippen LogP contribution >= 0.6 is 0 Å². The highest BCUT2D eigenvalue weighted by Gasteiger charge is 2.30. The maximum Gasteiger partial charge on any atom is 0.223 e. The van der Waals surface area contributed by atoms with Crippen LogP contribution in [-0.2, 0) is 9.59 Å². The molecular weight excluding hydrogens is 366 g/mol. The molecule has 2 aliphatic rings. The van der Waals surface area contributed by atoms with Gasteiger partial charge in [-0.05, 0) is 55.3 Å². The van der Waals surface area contributed by atoms with Gasteiger partial charge < -0.3 is 14.6 Å². The summed E-state index contributed by atoms with van der Waals surface area (Å²) in [6.45, 7) is 4.06. The Bertz CT molecular complexity index is 885. The summed E-state index contributed by atoms with van der Waals surface area (Å²) in [5.41, 5.74) is 2.05. The summed E-state index contributed by atoms with van der Waals surface area (Å²) in [5, 5.41) is 3.08. The Kier molecular flexibility index (Phi) is 5.81. The average molecular weight is 393 g/mol. The molecule has 0 radical (unpaired) electrons. The molecule has 2 amide bonds. The predicted molar refractivity (Wildman–Crippen MR) is 111 cm³/mol. The number of carbonyl (C=O) groups is 2. The standard InChI is InChI=1S/C23H27N3O3/c1-17(27)26-13-10-18-7-2-3-8-19(18)20(26)15-23(28)24-16-21(22-9-6-14-29-22)25-11-4-5-12-25/h2-3,6-10,13-14,20-21H,4-5,11-12,15-16H2,1H3,(H,24,28)/t20-,21-/m1/s1. The quantitative estimate of drug-likeness (QED) is 0.816. The Morgan fingerprint density at radius 3 is 2.69 bits per heavy atom. The predicted octanol–water partition coefficient (Wildman–Crippen LogP) is 3.50. The van der Waals surface area contributed by atoms with E-state index in [2.05, 4.69) is 10.2 Å². The first-order valence-electron chi connectivity index (χ1n) is 10.2. The van der Waals surface area contributed by atoms with Crippen molar-refractivity contribution in [1.82, 2.24) is 15.1 Å². The third-order valence-electron chi connectivity index (χ3n) is 5.79. The molecule has 3 heterocycles. The molecule has 0 bridgehead atoms. The molecule has 0 spiro atoms. The summed E-state index contributed by atoms with van der Waals surface area (Å²) in [7, 11) is 0. The van der Waals surface area contributed by atoms with Crippen LogP contribution in [0.1, 0.15) is 55.2 Å². The molecular formula is C23H27N3O3. The largest absolute Gasteiger partial charge is 0.468 e. The van der Waals surface area contributed by atoms with Crippen molar-refractivity contribution in [3.8, 4) is 0 Å². The zero-order valence-corrected chi connectivity index (χ0v) is 16.7. The highest BCUT2D eigenvalue weighted by molar-refractivity contribution is 5.81. The van der Waals surface area contributed by atoms with E-state index in [-0.39, 0.29) is 30.3 Å². The van der Waals surface area contributed by atoms with E-state index in [1.165, 1.54) is 19.8 Å². The second-order valence-corrected chi connectivity index (χ2v) is 7.67. The fourth-order valence-corrected chi connectivity index (χ4v) is 4.32. The summed E-state index contributed by atoms with van der Waals surface area (Å²) >= 11 is 0. The summed E-state index contributed by atoms with van der Waals surface area (Å²) in [4.78, 5) is 29.0. The Morgan fingerprint density at radius 1 is 1.17 bits per heavy atom. The van der Waals surface area contributed by atoms with E-state index in [1.807, 2.05) is 42.5 Å². The van der Waals surface area contributed by atoms with Crippen LogP contribution in [0.15, 0.2) is 53.3 Å². The van der Waals surface area contributed by atoms with Crippen LogP contribution in [0.25, 0.3) is 6.08 Å². The summed E-state index contributed by atoms with van der Waals surface area (Å²) in [5.74, 6) is 0.740. The van der Waals surface area contributed by atoms with Crippen LogP contribution in [0, 0.1) is 0 Å². The monoisotopic (exact) mass is 393 g/mol. The van der Waals surface area contributed by atoms with Crippen molar-refractivity contribution in [1.29, 1.82) is 0 Å². The van der Waals surface area contributed by atoms with Crippen LogP contribution in [-0.4, -0.2) is 41.2 Å². The minimum absolute atomic E-state index is 0.0406. The van der Waals surface area contributed by atoms with E-state index in [1.54, 1.807) is 17.4 Å². The lowest BCUT2D eigenvalue weighted by atomic mass is 9.93. The maximum absolute atomic E-state index is 12.9. The van der Waals surface area contributed by atoms with Crippen molar-refractivity contribution in [3.05, 3.63) is 65.7 Å². The Morgan fingerprint density at radius 2 is 1.97 bits per heavy atom. The maximum atomic E-state index is 12.9. The number of hydrogen-bond acceptors (Lipinski definition) is 4. The summed E-state index contributed by atoms with van der Waals surface area (Å²) in [6.07, 6.45) is 7.94. The minimum Gasteiger partial charge on any atom is -0.468 e. The number of carbonyl (C=O) groups excluding carboxylic acids is 2. The van der Waals surface area contributed by atoms with E-state index in [0.717, 1.165) is 30.0 Å². The van der Waals surface area contributed by atoms with E-state index < -0.39 is 0 Å². The molecule has 1 aromatic heterocycles. The molecule has 4 rings (SSSR count). The molecule has 6 heteroatoms. The number of rotatable bonds is 6. The van der Waals surface area contributed by atoms with Crippen LogP contribution in [0.2, 0.25) is 0 Å². The van der Waals surface area contributed by atoms with E-state index >= 15 is 0 Å². The zero-order chi connectivity index (χ0) is 20.2. The fourth-order valence-electron chi connectivity index (χ4n) is 4.32. The highest BCUT2D eigenvalue weighted by Crippen LogP contribution is 2.33. The zero-order valence-electron chi connectivity index (χ0n) is 16.7. The van der Waals surface area contributed by atoms with Gasteiger partial charge in [-0.3, -0.25) is 14.5 Å². The van der Waals surface area contributed by atoms with Crippen molar-refractivity contribution >= 4 is 17.9 Å². The van der Waals surface area contributed by atoms with Gasteiger partial charge in [-0.2, -0.15) is 0 Å². The highest BCUT2D eigenvalue weighted by atomic mass is 16.3. The lowest BCUT2D eigenvalue weighted by Crippen LogP contribution is -2.39. The fraction of sp³-hybridized carbons (Fsp3) is 0.391. The summed E-state index contributed by atoms with van der Waals surface area (Å²) in [6, 6.07) is 11.5. The normalized spacial score (nSPS) is 19.8. The smallest absolute Gasteiger partial charge is 0.223 e. The van der Waals surface area contributed by atoms with Gasteiger partial charge in [0.25, 0.3) is 0 Å². The van der Waals surface area contributed by atoms with Gasteiger partial charge in [-0.1, -0.05) is 24.3 Å². The molecule has 0 aliphatic carbocycles. The van der Waals surface area contributed by atoms with E-state index in [4.69, 9.17) is 4.42 Å². The van der Waals surface area contributed by atoms with Gasteiger partial charge in [0, 0.05) is 19.7 Å². The third-order valence-corrected chi connectivity index (χ3v) is 5.79. The molecule has 1 aromatic carbocycles. The first-order valence-corrected chi connectivity index (χ1v) is 10.2. The molecule has 1 N–H and O–H groups in total. The number of amides is 2. The number of furan rings is 1. The lowest BCUT2D eigenvalue weighted by molar-refractivity contribution is -0.130. The molecule has 1 fully saturated rings. The molecule has 152 valence electrons. The second kappa shape index (κ2) is 8.66. The van der Waals surface area contributed by atoms with Gasteiger partial charge >= 0.3 is 0 Å². The lowest BCUT2D eigenvalue weighted by Gasteiger charge is -2.32. The van der Waals surface area contributed by atoms with Crippen molar-refractivity contribution in [3.63, 3.8) is 0 Å². The van der Waals surface area contributed by atoms with Crippen LogP contribution in [0.4, 0.5) is 0 Å². The van der Waals surface area contributed by atoms with Gasteiger partial charge in [0.1, 0.15) is 5.76 Å². The van der Waals surface area contributed by atoms with Crippen molar-refractivity contribution < 1.29 is 14.0 Å². The Labute approximate surface area is 171 Å². The number of benzene rings is 1. The van der Waals surface area contributed by atoms with E-state index in [0.29, 0.717) is 6.54 Å². The van der Waals surface area contributed by atoms with Crippen LogP contribution < -0.4 is 5.32 Å². The number of nitrogens with zero attached hydrogens (tertiary/aromatic N) is 2. The van der Waals surface area contributed by atoms with Gasteiger partial charge in [-0.15, -0.1) is 0 Å². The topological polar surface area (TPSA) is 65.8 Å². The molecule has 1 saturated heterocycles. The Balaban J connectivity index is 1.45. The molecule has 0 unspecified atom stereocenters. The van der Waals surface area contributed by atoms with Gasteiger partial charge in [-0.25, -0.2) is 0 Å². The molecule has 2 aromatic rings. The number of nitrogens with one attached hydrogen (secondary N) is 1. The molecule has 29 heavy (non-hydrogen) atoms. The number of fused-ring (bicyclic) bond motifs is 1. The Hall–Kier alpha value is -2.86. The van der Waals surface area contributed by atoms with Gasteiger partial charge in [0.15, 0.2) is 0 Å². The second-order valence-electron chi connectivity index (χ2n) is 7.67. The van der Waals surface area contributed by atoms with Crippen molar-refractivity contribution in [2.45, 2.75) is 38.3 Å². The molecule has 0 saturated carbocycles. The van der Waals surface area contributed by atoms with Crippen molar-refractivity contribution in [2.75, 3.05) is 19.6 Å². The van der Waals surface area contributed by atoms with E-state index in [9.17, 15) is 9.59 Å². The number of likely N-dealkylation sites (tertiary alicyclic amines) is 1. The summed E-state index contributed by atoms with van der Waals surface area (Å²) < 4.78 is 5.63. The first-order chi connectivity index (χ1) is 14.1. The van der Waals surface area contributed by atoms with Crippen LogP contribution in [0.3, 0.4) is 0 Å². The van der Waals surface area contributed by atoms with Gasteiger partial charge in [0.2, 0.25) is 11.8 Å². The molecule has 2 aliphatic heterocycles. The van der Waals surface area contributed by atoms with Crippen molar-refractivity contribution in [2.24, 2.45) is 0 Å². The SMILES string of the molecule is CC(=O)N1C=Cc2ccccc2[C@H]1CC(=O)NC[C@H](c1ccco1)N1CCCC1. The molecule has 6 nitrogen and oxygen atoms in total. The minimum atomic E-state index is -0.289. The third kappa shape index (κ3) is 4.27. The van der Waals surface area contributed by atoms with Crippen LogP contribution in [0.5, 0.6) is 0 Å². The molecule has 2 atom stereocenters. The first kappa shape index (κ1) is 19.5.